The molecule has 1 unspecified atom stereocenters. The molecule has 1 amide bonds. The Hall–Kier alpha value is -1.84. The molecule has 4 heteroatoms. The van der Waals surface area contributed by atoms with Crippen LogP contribution >= 0.6 is 0 Å². The van der Waals surface area contributed by atoms with E-state index in [0.29, 0.717) is 0 Å². The lowest BCUT2D eigenvalue weighted by Gasteiger charge is -2.13. The van der Waals surface area contributed by atoms with Crippen LogP contribution in [0.5, 0.6) is 0 Å². The Morgan fingerprint density at radius 2 is 2.00 bits per heavy atom. The smallest absolute Gasteiger partial charge is 0.326 e. The standard InChI is InChI=1S/C12H14NO3/c1-2-11(14)13-10(12(15)16)8-9-6-4-3-5-7-9/h2-7,10H,8H2,1H3,(H,13,14)(H,15,16). The highest BCUT2D eigenvalue weighted by Crippen LogP contribution is 2.03. The zero-order chi connectivity index (χ0) is 12.0. The summed E-state index contributed by atoms with van der Waals surface area (Å²) >= 11 is 0. The third kappa shape index (κ3) is 3.73. The molecule has 0 bridgehead atoms. The normalized spacial score (nSPS) is 11.8. The summed E-state index contributed by atoms with van der Waals surface area (Å²) in [5.41, 5.74) is 0.881. The van der Waals surface area contributed by atoms with Crippen LogP contribution in [-0.4, -0.2) is 23.0 Å². The van der Waals surface area contributed by atoms with E-state index in [-0.39, 0.29) is 12.3 Å². The second-order valence-corrected chi connectivity index (χ2v) is 3.38. The summed E-state index contributed by atoms with van der Waals surface area (Å²) < 4.78 is 0. The topological polar surface area (TPSA) is 66.4 Å². The molecule has 1 radical (unpaired) electrons. The molecule has 0 aliphatic carbocycles. The molecule has 1 rings (SSSR count). The lowest BCUT2D eigenvalue weighted by Crippen LogP contribution is -2.42. The van der Waals surface area contributed by atoms with E-state index in [1.54, 1.807) is 6.92 Å². The van der Waals surface area contributed by atoms with Gasteiger partial charge in [-0.15, -0.1) is 0 Å². The van der Waals surface area contributed by atoms with Crippen LogP contribution in [0.25, 0.3) is 0 Å². The number of rotatable bonds is 5. The summed E-state index contributed by atoms with van der Waals surface area (Å²) in [4.78, 5) is 22.0. The number of nitrogens with one attached hydrogen (secondary N) is 1. The van der Waals surface area contributed by atoms with Gasteiger partial charge in [-0.25, -0.2) is 4.79 Å². The third-order valence-corrected chi connectivity index (χ3v) is 2.16. The van der Waals surface area contributed by atoms with Crippen molar-refractivity contribution < 1.29 is 14.7 Å². The quantitative estimate of drug-likeness (QED) is 0.778. The van der Waals surface area contributed by atoms with E-state index < -0.39 is 12.0 Å². The van der Waals surface area contributed by atoms with E-state index in [1.165, 1.54) is 6.42 Å². The zero-order valence-corrected chi connectivity index (χ0v) is 9.01. The number of benzene rings is 1. The highest BCUT2D eigenvalue weighted by atomic mass is 16.4. The van der Waals surface area contributed by atoms with Crippen LogP contribution in [-0.2, 0) is 16.0 Å². The van der Waals surface area contributed by atoms with E-state index >= 15 is 0 Å². The summed E-state index contributed by atoms with van der Waals surface area (Å²) in [6, 6.07) is 8.31. The van der Waals surface area contributed by atoms with E-state index in [2.05, 4.69) is 5.32 Å². The molecular weight excluding hydrogens is 206 g/mol. The van der Waals surface area contributed by atoms with E-state index in [0.717, 1.165) is 5.56 Å². The van der Waals surface area contributed by atoms with Crippen LogP contribution in [0, 0.1) is 6.42 Å². The van der Waals surface area contributed by atoms with E-state index in [4.69, 9.17) is 5.11 Å². The molecule has 0 saturated carbocycles. The Labute approximate surface area is 94.3 Å². The Bertz CT molecular complexity index is 362. The molecule has 4 nitrogen and oxygen atoms in total. The Balaban J connectivity index is 2.65. The largest absolute Gasteiger partial charge is 0.480 e. The van der Waals surface area contributed by atoms with Gasteiger partial charge in [-0.3, -0.25) is 4.79 Å². The zero-order valence-electron chi connectivity index (χ0n) is 9.01. The SMILES string of the molecule is C[CH]C(=O)NC(Cc1ccccc1)C(=O)O. The lowest BCUT2D eigenvalue weighted by molar-refractivity contribution is -0.141. The second kappa shape index (κ2) is 5.90. The summed E-state index contributed by atoms with van der Waals surface area (Å²) in [5.74, 6) is -1.40. The van der Waals surface area contributed by atoms with Gasteiger partial charge < -0.3 is 10.4 Å². The lowest BCUT2D eigenvalue weighted by atomic mass is 10.1. The fourth-order valence-electron chi connectivity index (χ4n) is 1.30. The summed E-state index contributed by atoms with van der Waals surface area (Å²) in [5, 5.41) is 11.4. The number of carboxylic acids is 1. The highest BCUT2D eigenvalue weighted by molar-refractivity contribution is 5.88. The number of carbonyl (C=O) groups excluding carboxylic acids is 1. The van der Waals surface area contributed by atoms with Crippen molar-refractivity contribution in [3.8, 4) is 0 Å². The first-order valence-electron chi connectivity index (χ1n) is 5.00. The Morgan fingerprint density at radius 3 is 2.50 bits per heavy atom. The van der Waals surface area contributed by atoms with Gasteiger partial charge in [-0.05, 0) is 5.56 Å². The molecule has 0 saturated heterocycles. The van der Waals surface area contributed by atoms with Gasteiger partial charge in [0, 0.05) is 12.8 Å². The number of aliphatic carboxylic acids is 1. The van der Waals surface area contributed by atoms with Crippen LogP contribution < -0.4 is 5.32 Å². The van der Waals surface area contributed by atoms with Gasteiger partial charge in [0.1, 0.15) is 6.04 Å². The predicted octanol–water partition coefficient (Wildman–Crippen LogP) is 1.02. The van der Waals surface area contributed by atoms with Crippen molar-refractivity contribution >= 4 is 11.9 Å². The molecule has 85 valence electrons. The van der Waals surface area contributed by atoms with Gasteiger partial charge >= 0.3 is 5.97 Å². The first kappa shape index (κ1) is 12.2. The van der Waals surface area contributed by atoms with Gasteiger partial charge in [0.2, 0.25) is 5.91 Å². The van der Waals surface area contributed by atoms with Gasteiger partial charge in [0.25, 0.3) is 0 Å². The fourth-order valence-corrected chi connectivity index (χ4v) is 1.30. The minimum absolute atomic E-state index is 0.287. The maximum absolute atomic E-state index is 11.1. The van der Waals surface area contributed by atoms with Crippen molar-refractivity contribution in [2.75, 3.05) is 0 Å². The van der Waals surface area contributed by atoms with Crippen LogP contribution in [0.2, 0.25) is 0 Å². The number of hydrogen-bond acceptors (Lipinski definition) is 2. The first-order chi connectivity index (χ1) is 7.63. The number of amides is 1. The Morgan fingerprint density at radius 1 is 1.38 bits per heavy atom. The Kier molecular flexibility index (Phi) is 4.51. The molecular formula is C12H14NO3. The summed E-state index contributed by atoms with van der Waals surface area (Å²) in [6.45, 7) is 1.57. The van der Waals surface area contributed by atoms with E-state index in [9.17, 15) is 9.59 Å². The monoisotopic (exact) mass is 220 g/mol. The van der Waals surface area contributed by atoms with Crippen LogP contribution in [0.1, 0.15) is 12.5 Å². The van der Waals surface area contributed by atoms with Crippen LogP contribution in [0.3, 0.4) is 0 Å². The average molecular weight is 220 g/mol. The summed E-state index contributed by atoms with van der Waals surface area (Å²) in [6.07, 6.45) is 1.59. The second-order valence-electron chi connectivity index (χ2n) is 3.38. The fraction of sp³-hybridized carbons (Fsp3) is 0.250. The molecule has 16 heavy (non-hydrogen) atoms. The number of carboxylic acid groups (broad SMARTS) is 1. The van der Waals surface area contributed by atoms with E-state index in [1.807, 2.05) is 30.3 Å². The van der Waals surface area contributed by atoms with Crippen molar-refractivity contribution in [3.63, 3.8) is 0 Å². The minimum atomic E-state index is -1.03. The van der Waals surface area contributed by atoms with Crippen LogP contribution in [0.4, 0.5) is 0 Å². The van der Waals surface area contributed by atoms with Crippen LogP contribution in [0.15, 0.2) is 30.3 Å². The molecule has 1 aromatic rings. The van der Waals surface area contributed by atoms with Crippen molar-refractivity contribution in [2.24, 2.45) is 0 Å². The molecule has 0 aromatic heterocycles. The van der Waals surface area contributed by atoms with Gasteiger partial charge in [0.15, 0.2) is 0 Å². The number of carbonyl (C=O) groups is 2. The maximum atomic E-state index is 11.1. The number of hydrogen-bond donors (Lipinski definition) is 2. The third-order valence-electron chi connectivity index (χ3n) is 2.16. The predicted molar refractivity (Wildman–Crippen MR) is 59.7 cm³/mol. The minimum Gasteiger partial charge on any atom is -0.480 e. The van der Waals surface area contributed by atoms with Crippen molar-refractivity contribution in [1.29, 1.82) is 0 Å². The van der Waals surface area contributed by atoms with Crippen molar-refractivity contribution in [1.82, 2.24) is 5.32 Å². The molecule has 0 heterocycles. The molecule has 1 atom stereocenters. The first-order valence-corrected chi connectivity index (χ1v) is 5.00. The van der Waals surface area contributed by atoms with Gasteiger partial charge in [-0.1, -0.05) is 37.3 Å². The molecule has 0 fully saturated rings. The molecule has 0 aliphatic heterocycles. The summed E-state index contributed by atoms with van der Waals surface area (Å²) in [7, 11) is 0. The molecule has 1 aromatic carbocycles. The van der Waals surface area contributed by atoms with Crippen molar-refractivity contribution in [3.05, 3.63) is 42.3 Å². The van der Waals surface area contributed by atoms with Gasteiger partial charge in [0.05, 0.1) is 0 Å². The van der Waals surface area contributed by atoms with Crippen molar-refractivity contribution in [2.45, 2.75) is 19.4 Å². The molecule has 0 spiro atoms. The highest BCUT2D eigenvalue weighted by Gasteiger charge is 2.19. The maximum Gasteiger partial charge on any atom is 0.326 e. The van der Waals surface area contributed by atoms with Gasteiger partial charge in [-0.2, -0.15) is 0 Å². The molecule has 0 aliphatic rings. The molecule has 2 N–H and O–H groups in total. The average Bonchev–Trinajstić information content (AvgIpc) is 2.29.